The van der Waals surface area contributed by atoms with Gasteiger partial charge in [-0.3, -0.25) is 23.7 Å². The molecule has 1 aromatic heterocycles. The number of carbonyl (C=O) groups excluding carboxylic acids is 1. The normalized spacial score (nSPS) is 27.6. The van der Waals surface area contributed by atoms with Crippen LogP contribution in [-0.2, 0) is 23.4 Å². The maximum atomic E-state index is 12.2. The van der Waals surface area contributed by atoms with E-state index in [1.165, 1.54) is 13.1 Å². The van der Waals surface area contributed by atoms with Gasteiger partial charge in [-0.25, -0.2) is 14.4 Å². The number of H-pyrrole nitrogens is 1. The maximum absolute atomic E-state index is 12.2. The molecule has 1 fully saturated rings. The van der Waals surface area contributed by atoms with Crippen molar-refractivity contribution in [2.24, 2.45) is 5.92 Å². The molecule has 1 aliphatic rings. The summed E-state index contributed by atoms with van der Waals surface area (Å²) in [5.41, 5.74) is -1.36. The van der Waals surface area contributed by atoms with Gasteiger partial charge in [-0.2, -0.15) is 0 Å². The summed E-state index contributed by atoms with van der Waals surface area (Å²) in [5, 5.41) is 12.5. The summed E-state index contributed by atoms with van der Waals surface area (Å²) in [7, 11) is -4.38. The summed E-state index contributed by atoms with van der Waals surface area (Å²) in [6, 6.07) is 0.0170. The van der Waals surface area contributed by atoms with Gasteiger partial charge in [0.1, 0.15) is 12.1 Å². The van der Waals surface area contributed by atoms with Crippen LogP contribution in [0.25, 0.3) is 0 Å². The fourth-order valence-electron chi connectivity index (χ4n) is 2.76. The van der Waals surface area contributed by atoms with Crippen molar-refractivity contribution in [1.29, 1.82) is 0 Å². The van der Waals surface area contributed by atoms with Gasteiger partial charge >= 0.3 is 19.4 Å². The molecule has 0 aliphatic carbocycles. The highest BCUT2D eigenvalue weighted by Gasteiger charge is 2.43. The van der Waals surface area contributed by atoms with Crippen LogP contribution in [0, 0.1) is 5.92 Å². The van der Waals surface area contributed by atoms with Gasteiger partial charge in [-0.05, 0) is 20.8 Å². The number of carbonyl (C=O) groups is 1. The van der Waals surface area contributed by atoms with Gasteiger partial charge in [-0.15, -0.1) is 0 Å². The molecule has 13 heteroatoms. The fourth-order valence-corrected chi connectivity index (χ4v) is 3.77. The summed E-state index contributed by atoms with van der Waals surface area (Å²) in [6.07, 6.45) is -2.25. The predicted molar refractivity (Wildman–Crippen MR) is 100 cm³/mol. The molecule has 0 radical (unpaired) electrons. The number of aromatic nitrogens is 2. The molecule has 0 spiro atoms. The lowest BCUT2D eigenvalue weighted by Crippen LogP contribution is -2.35. The second kappa shape index (κ2) is 9.33. The maximum Gasteiger partial charge on any atom is 0.403 e. The van der Waals surface area contributed by atoms with E-state index in [0.29, 0.717) is 0 Å². The first-order chi connectivity index (χ1) is 13.4. The molecule has 0 bridgehead atoms. The van der Waals surface area contributed by atoms with Crippen molar-refractivity contribution >= 4 is 13.7 Å². The van der Waals surface area contributed by atoms with Crippen molar-refractivity contribution in [3.8, 4) is 0 Å². The van der Waals surface area contributed by atoms with E-state index in [1.54, 1.807) is 20.8 Å². The highest BCUT2D eigenvalue weighted by atomic mass is 31.2. The third-order valence-electron chi connectivity index (χ3n) is 4.33. The Morgan fingerprint density at radius 2 is 2.07 bits per heavy atom. The Hall–Kier alpha value is -1.82. The summed E-state index contributed by atoms with van der Waals surface area (Å²) < 4.78 is 28.8. The van der Waals surface area contributed by atoms with E-state index < -0.39 is 55.4 Å². The van der Waals surface area contributed by atoms with Crippen molar-refractivity contribution in [3.63, 3.8) is 0 Å². The number of ether oxygens (including phenoxy) is 2. The summed E-state index contributed by atoms with van der Waals surface area (Å²) in [4.78, 5) is 46.8. The van der Waals surface area contributed by atoms with Crippen LogP contribution in [-0.4, -0.2) is 56.5 Å². The Morgan fingerprint density at radius 1 is 1.41 bits per heavy atom. The number of aliphatic hydroxyl groups is 1. The fraction of sp³-hybridized carbons (Fsp3) is 0.688. The molecule has 2 heterocycles. The SMILES string of the molecule is CC(C)OC(=O)[C@H](C)NP(=O)(O)OC[C@H]1O[C@@H](n2ccc(=O)[nH]c2=O)[C@H](O)[C@@H]1C. The number of esters is 1. The first kappa shape index (κ1) is 23.5. The molecule has 1 aromatic rings. The van der Waals surface area contributed by atoms with Crippen LogP contribution in [0.5, 0.6) is 0 Å². The van der Waals surface area contributed by atoms with E-state index in [1.807, 2.05) is 0 Å². The number of hydrogen-bond acceptors (Lipinski definition) is 8. The average molecular weight is 435 g/mol. The van der Waals surface area contributed by atoms with Crippen molar-refractivity contribution < 1.29 is 33.4 Å². The number of nitrogens with one attached hydrogen (secondary N) is 2. The molecular formula is C16H26N3O9P. The number of hydrogen-bond donors (Lipinski definition) is 4. The first-order valence-corrected chi connectivity index (χ1v) is 10.6. The molecule has 0 saturated carbocycles. The molecule has 1 unspecified atom stereocenters. The largest absolute Gasteiger partial charge is 0.462 e. The van der Waals surface area contributed by atoms with Crippen LogP contribution in [0.1, 0.15) is 33.9 Å². The standard InChI is InChI=1S/C16H26N3O9P/c1-8(2)27-15(22)10(4)18-29(24,25)26-7-11-9(3)13(21)14(28-11)19-6-5-12(20)17-16(19)23/h5-6,8-11,13-14,21H,7H2,1-4H3,(H,17,20,23)(H2,18,24,25)/t9-,10+,11-,13-,14-/m1/s1. The molecule has 1 saturated heterocycles. The van der Waals surface area contributed by atoms with E-state index in [2.05, 4.69) is 10.1 Å². The molecule has 0 amide bonds. The summed E-state index contributed by atoms with van der Waals surface area (Å²) >= 11 is 0. The van der Waals surface area contributed by atoms with E-state index in [4.69, 9.17) is 14.0 Å². The second-order valence-corrected chi connectivity index (χ2v) is 8.64. The number of nitrogens with zero attached hydrogens (tertiary/aromatic N) is 1. The van der Waals surface area contributed by atoms with Gasteiger partial charge in [0, 0.05) is 18.2 Å². The third-order valence-corrected chi connectivity index (χ3v) is 5.55. The lowest BCUT2D eigenvalue weighted by atomic mass is 10.0. The zero-order chi connectivity index (χ0) is 21.9. The monoisotopic (exact) mass is 435 g/mol. The molecule has 12 nitrogen and oxygen atoms in total. The Morgan fingerprint density at radius 3 is 2.66 bits per heavy atom. The highest BCUT2D eigenvalue weighted by Crippen LogP contribution is 2.40. The van der Waals surface area contributed by atoms with Crippen molar-refractivity contribution in [1.82, 2.24) is 14.6 Å². The Labute approximate surface area is 166 Å². The molecule has 29 heavy (non-hydrogen) atoms. The zero-order valence-corrected chi connectivity index (χ0v) is 17.4. The van der Waals surface area contributed by atoms with Crippen LogP contribution in [0.15, 0.2) is 21.9 Å². The highest BCUT2D eigenvalue weighted by molar-refractivity contribution is 7.50. The molecule has 164 valence electrons. The lowest BCUT2D eigenvalue weighted by Gasteiger charge is -2.21. The van der Waals surface area contributed by atoms with Gasteiger partial charge < -0.3 is 19.5 Å². The molecule has 4 N–H and O–H groups in total. The van der Waals surface area contributed by atoms with Crippen LogP contribution in [0.4, 0.5) is 0 Å². The minimum absolute atomic E-state index is 0.381. The molecule has 1 aliphatic heterocycles. The first-order valence-electron chi connectivity index (χ1n) is 9.02. The molecule has 6 atom stereocenters. The van der Waals surface area contributed by atoms with E-state index in [9.17, 15) is 28.9 Å². The topological polar surface area (TPSA) is 169 Å². The summed E-state index contributed by atoms with van der Waals surface area (Å²) in [5.74, 6) is -1.27. The lowest BCUT2D eigenvalue weighted by molar-refractivity contribution is -0.149. The van der Waals surface area contributed by atoms with Gasteiger partial charge in [-0.1, -0.05) is 6.92 Å². The van der Waals surface area contributed by atoms with Crippen LogP contribution in [0.2, 0.25) is 0 Å². The van der Waals surface area contributed by atoms with Gasteiger partial charge in [0.25, 0.3) is 5.56 Å². The second-order valence-electron chi connectivity index (χ2n) is 7.08. The van der Waals surface area contributed by atoms with Gasteiger partial charge in [0.15, 0.2) is 6.23 Å². The minimum Gasteiger partial charge on any atom is -0.462 e. The molecule has 0 aromatic carbocycles. The number of aromatic amines is 1. The van der Waals surface area contributed by atoms with Crippen LogP contribution in [0.3, 0.4) is 0 Å². The quantitative estimate of drug-likeness (QED) is 0.308. The number of aliphatic hydroxyl groups excluding tert-OH is 1. The third kappa shape index (κ3) is 6.08. The van der Waals surface area contributed by atoms with Crippen LogP contribution >= 0.6 is 7.75 Å². The average Bonchev–Trinajstić information content (AvgIpc) is 2.87. The van der Waals surface area contributed by atoms with Crippen molar-refractivity contribution in [3.05, 3.63) is 33.1 Å². The van der Waals surface area contributed by atoms with Gasteiger partial charge in [0.2, 0.25) is 0 Å². The smallest absolute Gasteiger partial charge is 0.403 e. The van der Waals surface area contributed by atoms with E-state index in [0.717, 1.165) is 10.6 Å². The predicted octanol–water partition coefficient (Wildman–Crippen LogP) is -0.522. The summed E-state index contributed by atoms with van der Waals surface area (Å²) in [6.45, 7) is 5.88. The Kier molecular flexibility index (Phi) is 7.55. The van der Waals surface area contributed by atoms with E-state index in [-0.39, 0.29) is 12.7 Å². The van der Waals surface area contributed by atoms with Gasteiger partial charge in [0.05, 0.1) is 18.8 Å². The zero-order valence-electron chi connectivity index (χ0n) is 16.5. The Balaban J connectivity index is 1.99. The molecular weight excluding hydrogens is 409 g/mol. The molecule has 2 rings (SSSR count). The number of rotatable bonds is 8. The van der Waals surface area contributed by atoms with Crippen molar-refractivity contribution in [2.75, 3.05) is 6.61 Å². The van der Waals surface area contributed by atoms with E-state index >= 15 is 0 Å². The van der Waals surface area contributed by atoms with Crippen molar-refractivity contribution in [2.45, 2.75) is 58.3 Å². The Bertz CT molecular complexity index is 883. The van der Waals surface area contributed by atoms with Crippen LogP contribution < -0.4 is 16.3 Å². The minimum atomic E-state index is -4.38.